The number of hydrogen-bond donors (Lipinski definition) is 2. The number of nitrogens with zero attached hydrogens (tertiary/aromatic N) is 4. The SMILES string of the molecule is COc1ccc2c(c1)c(CNCC1CCN(c3ncc(C(=O)O)cn3)CC1)cn2C. The normalized spacial score (nSPS) is 14.9. The van der Waals surface area contributed by atoms with Gasteiger partial charge in [-0.15, -0.1) is 0 Å². The van der Waals surface area contributed by atoms with E-state index in [2.05, 4.69) is 50.1 Å². The van der Waals surface area contributed by atoms with Crippen LogP contribution in [0.4, 0.5) is 5.95 Å². The molecule has 1 fully saturated rings. The Morgan fingerprint density at radius 2 is 2.00 bits per heavy atom. The van der Waals surface area contributed by atoms with Gasteiger partial charge in [0.05, 0.1) is 12.7 Å². The number of aryl methyl sites for hydroxylation is 1. The maximum Gasteiger partial charge on any atom is 0.338 e. The monoisotopic (exact) mass is 409 g/mol. The summed E-state index contributed by atoms with van der Waals surface area (Å²) in [6, 6.07) is 6.19. The molecule has 1 aliphatic rings. The number of aromatic carboxylic acids is 1. The lowest BCUT2D eigenvalue weighted by atomic mass is 9.97. The summed E-state index contributed by atoms with van der Waals surface area (Å²) in [5, 5.41) is 13.8. The molecule has 0 bridgehead atoms. The molecule has 0 spiro atoms. The predicted molar refractivity (Wildman–Crippen MR) is 115 cm³/mol. The average Bonchev–Trinajstić information content (AvgIpc) is 3.09. The lowest BCUT2D eigenvalue weighted by Crippen LogP contribution is -2.38. The summed E-state index contributed by atoms with van der Waals surface area (Å²) in [6.45, 7) is 3.55. The van der Waals surface area contributed by atoms with Gasteiger partial charge in [0.25, 0.3) is 0 Å². The Hall–Kier alpha value is -3.13. The van der Waals surface area contributed by atoms with E-state index < -0.39 is 5.97 Å². The lowest BCUT2D eigenvalue weighted by molar-refractivity contribution is 0.0696. The number of piperidine rings is 1. The molecule has 30 heavy (non-hydrogen) atoms. The van der Waals surface area contributed by atoms with Crippen LogP contribution >= 0.6 is 0 Å². The number of fused-ring (bicyclic) bond motifs is 1. The third-order valence-electron chi connectivity index (χ3n) is 5.81. The van der Waals surface area contributed by atoms with Crippen LogP contribution < -0.4 is 15.0 Å². The van der Waals surface area contributed by atoms with Crippen LogP contribution in [0.5, 0.6) is 5.75 Å². The molecule has 0 radical (unpaired) electrons. The molecule has 0 saturated carbocycles. The molecule has 0 amide bonds. The fourth-order valence-corrected chi connectivity index (χ4v) is 4.06. The zero-order valence-electron chi connectivity index (χ0n) is 17.3. The first-order chi connectivity index (χ1) is 14.5. The smallest absolute Gasteiger partial charge is 0.338 e. The summed E-state index contributed by atoms with van der Waals surface area (Å²) in [7, 11) is 3.76. The molecule has 3 heterocycles. The van der Waals surface area contributed by atoms with E-state index in [9.17, 15) is 4.79 Å². The van der Waals surface area contributed by atoms with Gasteiger partial charge in [-0.1, -0.05) is 0 Å². The number of benzene rings is 1. The Labute approximate surface area is 175 Å². The minimum atomic E-state index is -1.00. The second-order valence-corrected chi connectivity index (χ2v) is 7.79. The van der Waals surface area contributed by atoms with Gasteiger partial charge in [-0.25, -0.2) is 14.8 Å². The van der Waals surface area contributed by atoms with Crippen molar-refractivity contribution in [2.45, 2.75) is 19.4 Å². The summed E-state index contributed by atoms with van der Waals surface area (Å²) in [6.07, 6.45) is 7.04. The fraction of sp³-hybridized carbons (Fsp3) is 0.409. The molecule has 1 saturated heterocycles. The van der Waals surface area contributed by atoms with E-state index in [0.717, 1.165) is 44.8 Å². The Morgan fingerprint density at radius 1 is 1.27 bits per heavy atom. The number of hydrogen-bond acceptors (Lipinski definition) is 6. The van der Waals surface area contributed by atoms with Crippen molar-refractivity contribution in [3.05, 3.63) is 47.9 Å². The van der Waals surface area contributed by atoms with Crippen molar-refractivity contribution in [3.63, 3.8) is 0 Å². The highest BCUT2D eigenvalue weighted by atomic mass is 16.5. The number of rotatable bonds is 7. The van der Waals surface area contributed by atoms with Crippen LogP contribution in [0.2, 0.25) is 0 Å². The van der Waals surface area contributed by atoms with Crippen molar-refractivity contribution < 1.29 is 14.6 Å². The van der Waals surface area contributed by atoms with Crippen LogP contribution in [0, 0.1) is 5.92 Å². The first-order valence-corrected chi connectivity index (χ1v) is 10.2. The molecule has 158 valence electrons. The summed E-state index contributed by atoms with van der Waals surface area (Å²) in [5.74, 6) is 1.08. The first kappa shape index (κ1) is 20.2. The molecular weight excluding hydrogens is 382 g/mol. The Balaban J connectivity index is 1.29. The largest absolute Gasteiger partial charge is 0.497 e. The molecule has 0 unspecified atom stereocenters. The van der Waals surface area contributed by atoms with Crippen molar-refractivity contribution >= 4 is 22.8 Å². The summed E-state index contributed by atoms with van der Waals surface area (Å²) in [5.41, 5.74) is 2.59. The van der Waals surface area contributed by atoms with E-state index in [4.69, 9.17) is 9.84 Å². The molecule has 1 aliphatic heterocycles. The number of carboxylic acid groups (broad SMARTS) is 1. The van der Waals surface area contributed by atoms with E-state index in [0.29, 0.717) is 11.9 Å². The van der Waals surface area contributed by atoms with E-state index in [-0.39, 0.29) is 5.56 Å². The molecule has 1 aromatic carbocycles. The summed E-state index contributed by atoms with van der Waals surface area (Å²) in [4.78, 5) is 21.5. The molecular formula is C22H27N5O3. The van der Waals surface area contributed by atoms with Crippen molar-refractivity contribution in [2.75, 3.05) is 31.6 Å². The third-order valence-corrected chi connectivity index (χ3v) is 5.81. The predicted octanol–water partition coefficient (Wildman–Crippen LogP) is 2.68. The van der Waals surface area contributed by atoms with Gasteiger partial charge in [0.15, 0.2) is 0 Å². The minimum Gasteiger partial charge on any atom is -0.497 e. The average molecular weight is 409 g/mol. The number of methoxy groups -OCH3 is 1. The van der Waals surface area contributed by atoms with E-state index in [1.54, 1.807) is 7.11 Å². The van der Waals surface area contributed by atoms with Gasteiger partial charge >= 0.3 is 5.97 Å². The van der Waals surface area contributed by atoms with E-state index >= 15 is 0 Å². The highest BCUT2D eigenvalue weighted by molar-refractivity contribution is 5.87. The van der Waals surface area contributed by atoms with Gasteiger partial charge in [0.2, 0.25) is 5.95 Å². The Kier molecular flexibility index (Phi) is 5.85. The van der Waals surface area contributed by atoms with Gasteiger partial charge < -0.3 is 24.6 Å². The maximum atomic E-state index is 10.9. The van der Waals surface area contributed by atoms with Gasteiger partial charge in [-0.05, 0) is 49.1 Å². The molecule has 0 atom stereocenters. The van der Waals surface area contributed by atoms with Crippen molar-refractivity contribution in [1.29, 1.82) is 0 Å². The maximum absolute atomic E-state index is 10.9. The topological polar surface area (TPSA) is 92.5 Å². The van der Waals surface area contributed by atoms with Crippen molar-refractivity contribution in [3.8, 4) is 5.75 Å². The molecule has 4 rings (SSSR count). The molecule has 3 aromatic rings. The minimum absolute atomic E-state index is 0.115. The molecule has 2 N–H and O–H groups in total. The van der Waals surface area contributed by atoms with Crippen LogP contribution in [-0.4, -0.2) is 52.4 Å². The van der Waals surface area contributed by atoms with Gasteiger partial charge in [-0.3, -0.25) is 0 Å². The highest BCUT2D eigenvalue weighted by Crippen LogP contribution is 2.26. The van der Waals surface area contributed by atoms with Crippen LogP contribution in [0.25, 0.3) is 10.9 Å². The number of nitrogens with one attached hydrogen (secondary N) is 1. The van der Waals surface area contributed by atoms with E-state index in [1.165, 1.54) is 28.9 Å². The zero-order valence-corrected chi connectivity index (χ0v) is 17.3. The summed E-state index contributed by atoms with van der Waals surface area (Å²) >= 11 is 0. The number of carbonyl (C=O) groups is 1. The Morgan fingerprint density at radius 3 is 2.67 bits per heavy atom. The quantitative estimate of drug-likeness (QED) is 0.620. The second-order valence-electron chi connectivity index (χ2n) is 7.79. The van der Waals surface area contributed by atoms with Gasteiger partial charge in [0.1, 0.15) is 5.75 Å². The van der Waals surface area contributed by atoms with Crippen molar-refractivity contribution in [2.24, 2.45) is 13.0 Å². The number of carboxylic acids is 1. The van der Waals surface area contributed by atoms with Crippen LogP contribution in [-0.2, 0) is 13.6 Å². The number of anilines is 1. The molecule has 8 heteroatoms. The van der Waals surface area contributed by atoms with Gasteiger partial charge in [-0.2, -0.15) is 0 Å². The second kappa shape index (κ2) is 8.71. The van der Waals surface area contributed by atoms with Crippen LogP contribution in [0.3, 0.4) is 0 Å². The zero-order chi connectivity index (χ0) is 21.1. The van der Waals surface area contributed by atoms with E-state index in [1.807, 2.05) is 6.07 Å². The Bertz CT molecular complexity index is 1020. The first-order valence-electron chi connectivity index (χ1n) is 10.2. The fourth-order valence-electron chi connectivity index (χ4n) is 4.06. The third kappa shape index (κ3) is 4.23. The highest BCUT2D eigenvalue weighted by Gasteiger charge is 2.21. The standard InChI is InChI=1S/C22H27N5O3/c1-26-14-17(19-9-18(30-2)3-4-20(19)26)11-23-10-15-5-7-27(8-6-15)22-24-12-16(13-25-22)21(28)29/h3-4,9,12-15,23H,5-8,10-11H2,1-2H3,(H,28,29). The molecule has 8 nitrogen and oxygen atoms in total. The lowest BCUT2D eigenvalue weighted by Gasteiger charge is -2.32. The number of aromatic nitrogens is 3. The molecule has 0 aliphatic carbocycles. The van der Waals surface area contributed by atoms with Crippen molar-refractivity contribution in [1.82, 2.24) is 19.9 Å². The van der Waals surface area contributed by atoms with Crippen LogP contribution in [0.15, 0.2) is 36.8 Å². The molecule has 2 aromatic heterocycles. The van der Waals surface area contributed by atoms with Crippen LogP contribution in [0.1, 0.15) is 28.8 Å². The van der Waals surface area contributed by atoms with Gasteiger partial charge in [0, 0.05) is 56.2 Å². The number of ether oxygens (including phenoxy) is 1. The summed E-state index contributed by atoms with van der Waals surface area (Å²) < 4.78 is 7.53.